The second-order valence-electron chi connectivity index (χ2n) is 9.40. The molecule has 4 aromatic heterocycles. The van der Waals surface area contributed by atoms with E-state index in [1.807, 2.05) is 48.9 Å². The Kier molecular flexibility index (Phi) is 7.90. The Morgan fingerprint density at radius 1 is 1.26 bits per heavy atom. The van der Waals surface area contributed by atoms with Crippen LogP contribution in [0.25, 0.3) is 22.3 Å². The van der Waals surface area contributed by atoms with Gasteiger partial charge in [0.15, 0.2) is 0 Å². The maximum Gasteiger partial charge on any atom is 0.139 e. The molecular formula is C30H34FN7. The smallest absolute Gasteiger partial charge is 0.139 e. The van der Waals surface area contributed by atoms with Crippen LogP contribution in [-0.4, -0.2) is 31.6 Å². The van der Waals surface area contributed by atoms with Crippen LogP contribution in [0, 0.1) is 18.7 Å². The van der Waals surface area contributed by atoms with Crippen molar-refractivity contribution in [2.75, 3.05) is 12.4 Å². The van der Waals surface area contributed by atoms with Gasteiger partial charge in [-0.3, -0.25) is 0 Å². The minimum atomic E-state index is -0.336. The van der Waals surface area contributed by atoms with E-state index in [2.05, 4.69) is 57.6 Å². The fourth-order valence-corrected chi connectivity index (χ4v) is 4.20. The monoisotopic (exact) mass is 511 g/mol. The van der Waals surface area contributed by atoms with Gasteiger partial charge in [0, 0.05) is 65.7 Å². The van der Waals surface area contributed by atoms with Gasteiger partial charge in [-0.2, -0.15) is 0 Å². The molecule has 0 atom stereocenters. The van der Waals surface area contributed by atoms with Gasteiger partial charge in [0.2, 0.25) is 0 Å². The van der Waals surface area contributed by atoms with E-state index < -0.39 is 0 Å². The number of H-pyrrole nitrogens is 1. The Balaban J connectivity index is 1.73. The van der Waals surface area contributed by atoms with Gasteiger partial charge in [0.1, 0.15) is 17.3 Å². The summed E-state index contributed by atoms with van der Waals surface area (Å²) in [7, 11) is 1.74. The molecule has 8 heteroatoms. The fourth-order valence-electron chi connectivity index (χ4n) is 4.20. The molecule has 0 unspecified atom stereocenters. The first-order chi connectivity index (χ1) is 18.2. The number of aryl methyl sites for hydroxylation is 1. The number of rotatable bonds is 10. The number of hydrogen-bond acceptors (Lipinski definition) is 5. The third kappa shape index (κ3) is 5.44. The highest BCUT2D eigenvalue weighted by atomic mass is 19.1. The molecule has 7 nitrogen and oxygen atoms in total. The van der Waals surface area contributed by atoms with Gasteiger partial charge in [-0.05, 0) is 49.6 Å². The summed E-state index contributed by atoms with van der Waals surface area (Å²) in [6, 6.07) is 3.94. The van der Waals surface area contributed by atoms with Gasteiger partial charge in [-0.15, -0.1) is 0 Å². The lowest BCUT2D eigenvalue weighted by atomic mass is 10.0. The molecule has 0 amide bonds. The van der Waals surface area contributed by atoms with E-state index in [1.165, 1.54) is 0 Å². The lowest BCUT2D eigenvalue weighted by Gasteiger charge is -2.16. The first-order valence-electron chi connectivity index (χ1n) is 12.5. The van der Waals surface area contributed by atoms with Crippen LogP contribution in [0.5, 0.6) is 0 Å². The third-order valence-corrected chi connectivity index (χ3v) is 6.42. The molecule has 196 valence electrons. The van der Waals surface area contributed by atoms with Crippen LogP contribution in [-0.2, 0) is 6.42 Å². The number of fused-ring (bicyclic) bond motifs is 1. The minimum absolute atomic E-state index is 0.247. The van der Waals surface area contributed by atoms with E-state index in [1.54, 1.807) is 31.8 Å². The molecule has 0 aliphatic heterocycles. The molecule has 4 aromatic rings. The Hall–Kier alpha value is -4.46. The first-order valence-corrected chi connectivity index (χ1v) is 12.5. The average molecular weight is 512 g/mol. The van der Waals surface area contributed by atoms with E-state index in [0.29, 0.717) is 28.9 Å². The second kappa shape index (κ2) is 11.3. The van der Waals surface area contributed by atoms with Crippen LogP contribution in [0.2, 0.25) is 0 Å². The van der Waals surface area contributed by atoms with Crippen molar-refractivity contribution in [1.82, 2.24) is 29.8 Å². The van der Waals surface area contributed by atoms with Crippen LogP contribution >= 0.6 is 0 Å². The summed E-state index contributed by atoms with van der Waals surface area (Å²) in [6.07, 6.45) is 12.8. The van der Waals surface area contributed by atoms with Gasteiger partial charge >= 0.3 is 0 Å². The summed E-state index contributed by atoms with van der Waals surface area (Å²) in [6.45, 7) is 15.9. The summed E-state index contributed by atoms with van der Waals surface area (Å²) in [5.74, 6) is 0.395. The summed E-state index contributed by atoms with van der Waals surface area (Å²) in [5, 5.41) is 7.23. The van der Waals surface area contributed by atoms with E-state index in [-0.39, 0.29) is 11.7 Å². The number of hydrogen-bond donors (Lipinski definition) is 3. The Labute approximate surface area is 222 Å². The van der Waals surface area contributed by atoms with Crippen LogP contribution in [0.15, 0.2) is 79.8 Å². The topological polar surface area (TPSA) is 83.5 Å². The van der Waals surface area contributed by atoms with Crippen LogP contribution in [0.1, 0.15) is 43.3 Å². The summed E-state index contributed by atoms with van der Waals surface area (Å²) in [5.41, 5.74) is 6.57. The number of nitrogens with one attached hydrogen (secondary N) is 3. The average Bonchev–Trinajstić information content (AvgIpc) is 3.53. The normalized spacial score (nSPS) is 12.3. The summed E-state index contributed by atoms with van der Waals surface area (Å²) in [4.78, 5) is 16.7. The van der Waals surface area contributed by atoms with E-state index in [4.69, 9.17) is 0 Å². The largest absolute Gasteiger partial charge is 0.373 e. The quantitative estimate of drug-likeness (QED) is 0.213. The molecular weight excluding hydrogens is 477 g/mol. The zero-order valence-corrected chi connectivity index (χ0v) is 22.6. The minimum Gasteiger partial charge on any atom is -0.373 e. The zero-order valence-electron chi connectivity index (χ0n) is 22.6. The number of aromatic nitrogens is 5. The molecule has 4 heterocycles. The fraction of sp³-hybridized carbons (Fsp3) is 0.233. The highest BCUT2D eigenvalue weighted by molar-refractivity contribution is 5.86. The van der Waals surface area contributed by atoms with Crippen molar-refractivity contribution in [1.29, 1.82) is 0 Å². The van der Waals surface area contributed by atoms with Gasteiger partial charge in [0.25, 0.3) is 0 Å². The number of halogens is 1. The van der Waals surface area contributed by atoms with Crippen LogP contribution in [0.3, 0.4) is 0 Å². The molecule has 3 N–H and O–H groups in total. The molecule has 0 aliphatic rings. The van der Waals surface area contributed by atoms with Crippen molar-refractivity contribution in [2.45, 2.75) is 34.1 Å². The predicted octanol–water partition coefficient (Wildman–Crippen LogP) is 6.46. The van der Waals surface area contributed by atoms with Crippen molar-refractivity contribution in [3.05, 3.63) is 108 Å². The zero-order chi connectivity index (χ0) is 27.4. The van der Waals surface area contributed by atoms with Crippen LogP contribution in [0.4, 0.5) is 10.2 Å². The predicted molar refractivity (Wildman–Crippen MR) is 154 cm³/mol. The van der Waals surface area contributed by atoms with Gasteiger partial charge in [-0.1, -0.05) is 33.1 Å². The number of aromatic amines is 1. The number of anilines is 1. The molecule has 0 fully saturated rings. The number of pyridine rings is 2. The number of imidazole rings is 1. The van der Waals surface area contributed by atoms with E-state index >= 15 is 4.39 Å². The van der Waals surface area contributed by atoms with Gasteiger partial charge < -0.3 is 20.2 Å². The maximum absolute atomic E-state index is 16.1. The molecule has 0 saturated carbocycles. The molecule has 0 saturated heterocycles. The molecule has 38 heavy (non-hydrogen) atoms. The maximum atomic E-state index is 16.1. The Morgan fingerprint density at radius 3 is 2.68 bits per heavy atom. The highest BCUT2D eigenvalue weighted by Gasteiger charge is 2.19. The molecule has 4 rings (SSSR count). The van der Waals surface area contributed by atoms with Crippen molar-refractivity contribution < 1.29 is 4.39 Å². The van der Waals surface area contributed by atoms with Crippen molar-refractivity contribution in [2.24, 2.45) is 5.92 Å². The summed E-state index contributed by atoms with van der Waals surface area (Å²) >= 11 is 0. The Morgan fingerprint density at radius 2 is 2.05 bits per heavy atom. The molecule has 0 radical (unpaired) electrons. The number of nitrogens with zero attached hydrogens (tertiary/aromatic N) is 4. The number of allylic oxidation sites excluding steroid dienone is 5. The lowest BCUT2D eigenvalue weighted by molar-refractivity contribution is 0.608. The Bertz CT molecular complexity index is 1550. The van der Waals surface area contributed by atoms with Crippen molar-refractivity contribution in [3.8, 4) is 5.69 Å². The standard InChI is InChI=1S/C30H34FN7/c1-8-21(12-22(9-2)36-20(6)18(3)4)26-15-34-29(32-7)25(28(26)31)14-23-13-24-27(10-11-33-30(24)37-23)38-16-19(5)35-17-38/h8-13,15-18,36H,2,6,14H2,1,3-5,7H3,(H,32,34)(H,33,37)/b21-8+,22-12+. The van der Waals surface area contributed by atoms with E-state index in [9.17, 15) is 0 Å². The van der Waals surface area contributed by atoms with Gasteiger partial charge in [0.05, 0.1) is 17.7 Å². The van der Waals surface area contributed by atoms with Crippen LogP contribution < -0.4 is 10.6 Å². The molecule has 0 spiro atoms. The molecule has 0 bridgehead atoms. The second-order valence-corrected chi connectivity index (χ2v) is 9.40. The highest BCUT2D eigenvalue weighted by Crippen LogP contribution is 2.30. The lowest BCUT2D eigenvalue weighted by Crippen LogP contribution is -2.15. The third-order valence-electron chi connectivity index (χ3n) is 6.42. The van der Waals surface area contributed by atoms with Gasteiger partial charge in [-0.25, -0.2) is 19.3 Å². The first kappa shape index (κ1) is 26.6. The molecule has 0 aromatic carbocycles. The van der Waals surface area contributed by atoms with E-state index in [0.717, 1.165) is 39.5 Å². The summed E-state index contributed by atoms with van der Waals surface area (Å²) < 4.78 is 18.1. The van der Waals surface area contributed by atoms with Crippen molar-refractivity contribution >= 4 is 22.4 Å². The molecule has 0 aliphatic carbocycles. The van der Waals surface area contributed by atoms with Crippen molar-refractivity contribution in [3.63, 3.8) is 0 Å². The SMILES string of the molecule is C=C/C(=C\C(=C/C)c1cnc(NC)c(Cc2cc3c(-n4cnc(C)c4)ccnc3[nH]2)c1F)NC(=C)C(C)C.